The Bertz CT molecular complexity index is 1410. The van der Waals surface area contributed by atoms with Crippen molar-refractivity contribution in [1.82, 2.24) is 24.7 Å². The Morgan fingerprint density at radius 2 is 1.95 bits per heavy atom. The van der Waals surface area contributed by atoms with Crippen LogP contribution in [-0.2, 0) is 11.2 Å². The number of nitrogens with one attached hydrogen (secondary N) is 1. The Kier molecular flexibility index (Phi) is 9.07. The summed E-state index contributed by atoms with van der Waals surface area (Å²) < 4.78 is 21.8. The van der Waals surface area contributed by atoms with Crippen LogP contribution >= 0.6 is 0 Å². The van der Waals surface area contributed by atoms with Crippen LogP contribution < -0.4 is 5.32 Å². The lowest BCUT2D eigenvalue weighted by atomic mass is 9.97. The molecule has 0 radical (unpaired) electrons. The molecule has 0 bridgehead atoms. The van der Waals surface area contributed by atoms with E-state index in [9.17, 15) is 14.0 Å². The number of amides is 2. The molecule has 2 aromatic heterocycles. The van der Waals surface area contributed by atoms with Crippen LogP contribution in [0.5, 0.6) is 0 Å². The molecule has 222 valence electrons. The summed E-state index contributed by atoms with van der Waals surface area (Å²) in [7, 11) is 1.74. The molecule has 8 nitrogen and oxygen atoms in total. The topological polar surface area (TPSA) is 79.7 Å². The molecule has 1 aliphatic rings. The van der Waals surface area contributed by atoms with Gasteiger partial charge < -0.3 is 24.4 Å². The number of hydrogen-bond acceptors (Lipinski definition) is 5. The monoisotopic (exact) mass is 565 g/mol. The number of carbonyl (C=O) groups excluding carboxylic acids is 2. The first-order valence-electron chi connectivity index (χ1n) is 14.5. The standard InChI is InChI=1S/C32H44FN5O3/c1-20(2)36(8)30(39)26-14-25(33)9-10-27(26)38-19-24(29-21(3)15-34-16-28(29)38)13-23-11-12-37(18-23)17-22(4)35-31(40)41-32(5,6)7/h9-10,14-16,19-20,22-23H,11-13,17-18H2,1-8H3,(H,35,40)/t22?,23-/m1/s1. The van der Waals surface area contributed by atoms with Crippen molar-refractivity contribution in [1.29, 1.82) is 0 Å². The number of aromatic nitrogens is 2. The minimum absolute atomic E-state index is 0.0214. The number of nitrogens with zero attached hydrogens (tertiary/aromatic N) is 4. The van der Waals surface area contributed by atoms with Gasteiger partial charge in [-0.15, -0.1) is 0 Å². The Balaban J connectivity index is 1.56. The van der Waals surface area contributed by atoms with E-state index in [1.807, 2.05) is 58.5 Å². The molecule has 1 aliphatic heterocycles. The number of likely N-dealkylation sites (tertiary alicyclic amines) is 1. The third-order valence-electron chi connectivity index (χ3n) is 7.70. The van der Waals surface area contributed by atoms with Crippen LogP contribution in [0.2, 0.25) is 0 Å². The van der Waals surface area contributed by atoms with Crippen molar-refractivity contribution in [2.45, 2.75) is 79.0 Å². The minimum atomic E-state index is -0.526. The average molecular weight is 566 g/mol. The van der Waals surface area contributed by atoms with Gasteiger partial charge in [-0.2, -0.15) is 0 Å². The summed E-state index contributed by atoms with van der Waals surface area (Å²) in [5.74, 6) is -0.225. The highest BCUT2D eigenvalue weighted by atomic mass is 19.1. The van der Waals surface area contributed by atoms with Gasteiger partial charge in [0.1, 0.15) is 11.4 Å². The van der Waals surface area contributed by atoms with Gasteiger partial charge in [0.25, 0.3) is 5.91 Å². The highest BCUT2D eigenvalue weighted by Gasteiger charge is 2.28. The summed E-state index contributed by atoms with van der Waals surface area (Å²) in [6, 6.07) is 4.35. The van der Waals surface area contributed by atoms with E-state index in [0.717, 1.165) is 48.9 Å². The molecule has 9 heteroatoms. The number of hydrogen-bond donors (Lipinski definition) is 1. The molecule has 1 aromatic carbocycles. The normalized spacial score (nSPS) is 16.8. The van der Waals surface area contributed by atoms with Gasteiger partial charge in [0.05, 0.1) is 23.0 Å². The maximum Gasteiger partial charge on any atom is 0.407 e. The number of carbonyl (C=O) groups is 2. The van der Waals surface area contributed by atoms with Gasteiger partial charge in [-0.05, 0) is 103 Å². The number of alkyl carbamates (subject to hydrolysis) is 1. The van der Waals surface area contributed by atoms with Crippen molar-refractivity contribution < 1.29 is 18.7 Å². The first-order chi connectivity index (χ1) is 19.2. The van der Waals surface area contributed by atoms with Crippen LogP contribution in [0.3, 0.4) is 0 Å². The number of ether oxygens (including phenoxy) is 1. The van der Waals surface area contributed by atoms with Crippen LogP contribution in [-0.4, -0.2) is 75.7 Å². The fraction of sp³-hybridized carbons (Fsp3) is 0.531. The number of pyridine rings is 1. The summed E-state index contributed by atoms with van der Waals surface area (Å²) in [6.07, 6.45) is 7.31. The molecule has 3 heterocycles. The zero-order chi connectivity index (χ0) is 30.1. The van der Waals surface area contributed by atoms with Crippen molar-refractivity contribution in [3.63, 3.8) is 0 Å². The molecule has 1 N–H and O–H groups in total. The number of aryl methyl sites for hydroxylation is 1. The first kappa shape index (κ1) is 30.5. The quantitative estimate of drug-likeness (QED) is 0.377. The fourth-order valence-corrected chi connectivity index (χ4v) is 5.61. The van der Waals surface area contributed by atoms with E-state index in [1.165, 1.54) is 17.7 Å². The SMILES string of the molecule is Cc1cncc2c1c(C[C@H]1CCN(CC(C)NC(=O)OC(C)(C)C)C1)cn2-c1ccc(F)cc1C(=O)N(C)C(C)C. The zero-order valence-corrected chi connectivity index (χ0v) is 25.6. The van der Waals surface area contributed by atoms with Crippen LogP contribution in [0.15, 0.2) is 36.8 Å². The molecule has 3 aromatic rings. The second-order valence-electron chi connectivity index (χ2n) is 12.7. The van der Waals surface area contributed by atoms with Crippen molar-refractivity contribution in [2.24, 2.45) is 5.92 Å². The number of halogens is 1. The smallest absolute Gasteiger partial charge is 0.407 e. The molecule has 2 amide bonds. The molecule has 4 rings (SSSR count). The zero-order valence-electron chi connectivity index (χ0n) is 25.6. The Morgan fingerprint density at radius 1 is 1.22 bits per heavy atom. The van der Waals surface area contributed by atoms with Crippen molar-refractivity contribution in [3.05, 3.63) is 59.3 Å². The number of rotatable bonds is 8. The predicted octanol–water partition coefficient (Wildman–Crippen LogP) is 5.73. The summed E-state index contributed by atoms with van der Waals surface area (Å²) >= 11 is 0. The van der Waals surface area contributed by atoms with E-state index >= 15 is 0 Å². The van der Waals surface area contributed by atoms with Gasteiger partial charge in [0.15, 0.2) is 0 Å². The van der Waals surface area contributed by atoms with Gasteiger partial charge in [-0.3, -0.25) is 9.78 Å². The molecule has 41 heavy (non-hydrogen) atoms. The molecule has 0 saturated carbocycles. The Hall–Kier alpha value is -3.46. The van der Waals surface area contributed by atoms with Crippen LogP contribution in [0, 0.1) is 18.7 Å². The Labute approximate surface area is 242 Å². The van der Waals surface area contributed by atoms with Crippen molar-refractivity contribution >= 4 is 22.9 Å². The minimum Gasteiger partial charge on any atom is -0.444 e. The maximum atomic E-state index is 14.4. The predicted molar refractivity (Wildman–Crippen MR) is 160 cm³/mol. The maximum absolute atomic E-state index is 14.4. The van der Waals surface area contributed by atoms with E-state index < -0.39 is 17.5 Å². The van der Waals surface area contributed by atoms with Crippen LogP contribution in [0.25, 0.3) is 16.6 Å². The second-order valence-corrected chi connectivity index (χ2v) is 12.7. The summed E-state index contributed by atoms with van der Waals surface area (Å²) in [5, 5.41) is 4.07. The molecular weight excluding hydrogens is 521 g/mol. The second kappa shape index (κ2) is 12.2. The van der Waals surface area contributed by atoms with Crippen LogP contribution in [0.1, 0.15) is 69.4 Å². The molecule has 0 aliphatic carbocycles. The summed E-state index contributed by atoms with van der Waals surface area (Å²) in [5.41, 5.74) is 3.59. The first-order valence-corrected chi connectivity index (χ1v) is 14.5. The largest absolute Gasteiger partial charge is 0.444 e. The van der Waals surface area contributed by atoms with Gasteiger partial charge in [-0.25, -0.2) is 9.18 Å². The number of fused-ring (bicyclic) bond motifs is 1. The molecule has 2 atom stereocenters. The summed E-state index contributed by atoms with van der Waals surface area (Å²) in [6.45, 7) is 16.1. The van der Waals surface area contributed by atoms with Gasteiger partial charge in [0.2, 0.25) is 0 Å². The molecule has 1 fully saturated rings. The fourth-order valence-electron chi connectivity index (χ4n) is 5.61. The lowest BCUT2D eigenvalue weighted by Gasteiger charge is -2.24. The molecule has 1 unspecified atom stereocenters. The van der Waals surface area contributed by atoms with E-state index in [1.54, 1.807) is 18.0 Å². The van der Waals surface area contributed by atoms with Gasteiger partial charge in [0, 0.05) is 50.0 Å². The molecular formula is C32H44FN5O3. The van der Waals surface area contributed by atoms with Crippen LogP contribution in [0.4, 0.5) is 9.18 Å². The number of benzene rings is 1. The third kappa shape index (κ3) is 7.25. The average Bonchev–Trinajstić information content (AvgIpc) is 3.46. The van der Waals surface area contributed by atoms with Gasteiger partial charge in [-0.1, -0.05) is 0 Å². The Morgan fingerprint density at radius 3 is 2.63 bits per heavy atom. The van der Waals surface area contributed by atoms with E-state index in [2.05, 4.69) is 28.3 Å². The molecule has 1 saturated heterocycles. The van der Waals surface area contributed by atoms with E-state index in [0.29, 0.717) is 17.2 Å². The lowest BCUT2D eigenvalue weighted by molar-refractivity contribution is 0.0499. The third-order valence-corrected chi connectivity index (χ3v) is 7.70. The van der Waals surface area contributed by atoms with E-state index in [-0.39, 0.29) is 18.0 Å². The van der Waals surface area contributed by atoms with Gasteiger partial charge >= 0.3 is 6.09 Å². The lowest BCUT2D eigenvalue weighted by Crippen LogP contribution is -2.43. The molecule has 0 spiro atoms. The van der Waals surface area contributed by atoms with Crippen molar-refractivity contribution in [2.75, 3.05) is 26.7 Å². The highest BCUT2D eigenvalue weighted by Crippen LogP contribution is 2.32. The van der Waals surface area contributed by atoms with E-state index in [4.69, 9.17) is 4.74 Å². The van der Waals surface area contributed by atoms with Crippen molar-refractivity contribution in [3.8, 4) is 5.69 Å². The highest BCUT2D eigenvalue weighted by molar-refractivity contribution is 5.99. The summed E-state index contributed by atoms with van der Waals surface area (Å²) in [4.78, 5) is 34.0.